The summed E-state index contributed by atoms with van der Waals surface area (Å²) in [6.07, 6.45) is 0. The van der Waals surface area contributed by atoms with Crippen molar-refractivity contribution in [2.45, 2.75) is 131 Å². The van der Waals surface area contributed by atoms with Crippen LogP contribution < -0.4 is 26.2 Å². The molecule has 93 heavy (non-hydrogen) atoms. The second kappa shape index (κ2) is 21.1. The molecule has 0 saturated heterocycles. The van der Waals surface area contributed by atoms with Gasteiger partial charge in [0.15, 0.2) is 0 Å². The summed E-state index contributed by atoms with van der Waals surface area (Å²) >= 11 is 0. The van der Waals surface area contributed by atoms with Crippen LogP contribution in [0.25, 0.3) is 77.2 Å². The largest absolute Gasteiger partial charge is 0.311 e. The lowest BCUT2D eigenvalue weighted by Gasteiger charge is -2.45. The summed E-state index contributed by atoms with van der Waals surface area (Å²) in [6.45, 7) is 34.6. The summed E-state index contributed by atoms with van der Waals surface area (Å²) in [6, 6.07) is 87.6. The van der Waals surface area contributed by atoms with Crippen molar-refractivity contribution in [1.29, 1.82) is 5.26 Å². The van der Waals surface area contributed by atoms with Crippen LogP contribution in [-0.2, 0) is 27.1 Å². The van der Waals surface area contributed by atoms with Crippen molar-refractivity contribution >= 4 is 101 Å². The molecular weight excluding hydrogens is 1130 g/mol. The first-order valence-electron chi connectivity index (χ1n) is 33.2. The van der Waals surface area contributed by atoms with Gasteiger partial charge in [-0.15, -0.1) is 0 Å². The predicted octanol–water partition coefficient (Wildman–Crippen LogP) is 21.7. The molecule has 11 aromatic carbocycles. The summed E-state index contributed by atoms with van der Waals surface area (Å²) in [7, 11) is 0. The first kappa shape index (κ1) is 59.5. The minimum absolute atomic E-state index is 0.0349. The van der Waals surface area contributed by atoms with Crippen LogP contribution in [0.15, 0.2) is 224 Å². The molecule has 0 fully saturated rings. The van der Waals surface area contributed by atoms with E-state index >= 15 is 0 Å². The van der Waals surface area contributed by atoms with E-state index in [2.05, 4.69) is 353 Å². The van der Waals surface area contributed by atoms with Gasteiger partial charge in [-0.2, -0.15) is 5.26 Å². The zero-order chi connectivity index (χ0) is 65.0. The average Bonchev–Trinajstić information content (AvgIpc) is 1.29. The van der Waals surface area contributed by atoms with Gasteiger partial charge in [0.2, 0.25) is 0 Å². The number of aromatic nitrogens is 2. The van der Waals surface area contributed by atoms with Gasteiger partial charge in [0, 0.05) is 55.7 Å². The van der Waals surface area contributed by atoms with E-state index in [0.717, 1.165) is 84.0 Å². The Labute approximate surface area is 550 Å². The van der Waals surface area contributed by atoms with Crippen LogP contribution in [0.4, 0.5) is 34.1 Å². The maximum atomic E-state index is 12.1. The molecule has 2 aliphatic rings. The first-order valence-corrected chi connectivity index (χ1v) is 33.2. The molecule has 5 nitrogen and oxygen atoms in total. The van der Waals surface area contributed by atoms with Gasteiger partial charge >= 0.3 is 0 Å². The lowest BCUT2D eigenvalue weighted by Crippen LogP contribution is -2.61. The van der Waals surface area contributed by atoms with E-state index < -0.39 is 0 Å². The van der Waals surface area contributed by atoms with E-state index in [9.17, 15) is 5.26 Å². The summed E-state index contributed by atoms with van der Waals surface area (Å²) in [5.74, 6) is 0. The zero-order valence-electron chi connectivity index (χ0n) is 56.7. The van der Waals surface area contributed by atoms with Gasteiger partial charge in [0.1, 0.15) is 11.6 Å². The molecule has 0 spiro atoms. The van der Waals surface area contributed by atoms with Gasteiger partial charge in [0.05, 0.1) is 33.4 Å². The number of nitrogens with zero attached hydrogens (tertiary/aromatic N) is 5. The van der Waals surface area contributed by atoms with Crippen molar-refractivity contribution in [2.24, 2.45) is 0 Å². The highest BCUT2D eigenvalue weighted by Crippen LogP contribution is 2.50. The Kier molecular flexibility index (Phi) is 13.5. The van der Waals surface area contributed by atoms with Gasteiger partial charge in [-0.3, -0.25) is 0 Å². The number of nitriles is 1. The normalized spacial score (nSPS) is 13.5. The standard InChI is InChI=1S/C87H82BN5/c1-83(2,3)58-36-41-76-67(48-58)68-49-59(84(4,5)6)37-42-77(68)90(76)64-38-40-71-79(52-64)91(63-28-23-27-55(45-63)54-25-17-16-18-26-54)80-50-62(87(13,14)15)51-81-82(80)88(71)70-39-35-56(57-43-60(85(7,8)9)47-61(44-57)86(10,11)12)46-78(70)93(81)75-34-24-33-74(69(75)53-89)92-72-31-21-19-29-65(72)66-30-20-22-32-73(66)92/h16-52H,1-15H3. The highest BCUT2D eigenvalue weighted by Gasteiger charge is 2.45. The molecule has 2 aromatic heterocycles. The van der Waals surface area contributed by atoms with Gasteiger partial charge in [-0.05, 0) is 185 Å². The van der Waals surface area contributed by atoms with Crippen LogP contribution in [0, 0.1) is 11.3 Å². The minimum Gasteiger partial charge on any atom is -0.311 e. The SMILES string of the molecule is CC(C)(C)c1cc(-c2ccc3c(c2)N(c2cccc(-n4c5ccccc5c5ccccc54)c2C#N)c2cc(C(C)(C)C)cc4c2B3c2ccc(-n3c5ccc(C(C)(C)C)cc5c5cc(C(C)(C)C)ccc53)cc2N4c2cccc(-c3ccccc3)c2)cc(C(C)(C)C)c1. The van der Waals surface area contributed by atoms with E-state index in [1.807, 2.05) is 0 Å². The van der Waals surface area contributed by atoms with Gasteiger partial charge < -0.3 is 18.9 Å². The second-order valence-corrected chi connectivity index (χ2v) is 31.5. The highest BCUT2D eigenvalue weighted by atomic mass is 15.2. The van der Waals surface area contributed by atoms with Crippen molar-refractivity contribution in [3.63, 3.8) is 0 Å². The van der Waals surface area contributed by atoms with E-state index in [0.29, 0.717) is 5.56 Å². The van der Waals surface area contributed by atoms with Crippen molar-refractivity contribution in [3.05, 3.63) is 258 Å². The molecule has 458 valence electrons. The molecule has 0 amide bonds. The van der Waals surface area contributed by atoms with Crippen LogP contribution in [0.1, 0.15) is 137 Å². The Morgan fingerprint density at radius 3 is 1.33 bits per heavy atom. The van der Waals surface area contributed by atoms with E-state index in [-0.39, 0.29) is 33.8 Å². The number of hydrogen-bond acceptors (Lipinski definition) is 3. The minimum atomic E-state index is -0.297. The van der Waals surface area contributed by atoms with Crippen molar-refractivity contribution in [1.82, 2.24) is 9.13 Å². The molecule has 0 N–H and O–H groups in total. The summed E-state index contributed by atoms with van der Waals surface area (Å²) in [5.41, 5.74) is 27.4. The van der Waals surface area contributed by atoms with Gasteiger partial charge in [0.25, 0.3) is 6.71 Å². The fourth-order valence-electron chi connectivity index (χ4n) is 14.8. The topological polar surface area (TPSA) is 40.1 Å². The van der Waals surface area contributed by atoms with Crippen molar-refractivity contribution in [2.75, 3.05) is 9.80 Å². The lowest BCUT2D eigenvalue weighted by atomic mass is 9.33. The third-order valence-electron chi connectivity index (χ3n) is 20.1. The maximum Gasteiger partial charge on any atom is 0.252 e. The Morgan fingerprint density at radius 2 is 0.763 bits per heavy atom. The highest BCUT2D eigenvalue weighted by molar-refractivity contribution is 7.00. The summed E-state index contributed by atoms with van der Waals surface area (Å²) in [4.78, 5) is 5.05. The fourth-order valence-corrected chi connectivity index (χ4v) is 14.8. The molecule has 0 bridgehead atoms. The smallest absolute Gasteiger partial charge is 0.252 e. The number of benzene rings is 11. The number of fused-ring (bicyclic) bond motifs is 10. The Balaban J connectivity index is 1.06. The van der Waals surface area contributed by atoms with Crippen molar-refractivity contribution < 1.29 is 0 Å². The molecule has 0 atom stereocenters. The van der Waals surface area contributed by atoms with E-state index in [1.54, 1.807) is 0 Å². The number of rotatable bonds is 6. The van der Waals surface area contributed by atoms with E-state index in [1.165, 1.54) is 71.6 Å². The number of hydrogen-bond donors (Lipinski definition) is 0. The average molecular weight is 1210 g/mol. The fraction of sp³-hybridized carbons (Fsp3) is 0.230. The summed E-state index contributed by atoms with van der Waals surface area (Å²) in [5, 5.41) is 17.0. The quantitative estimate of drug-likeness (QED) is 0.156. The third kappa shape index (κ3) is 9.80. The van der Waals surface area contributed by atoms with E-state index in [4.69, 9.17) is 0 Å². The Hall–Kier alpha value is -9.83. The third-order valence-corrected chi connectivity index (χ3v) is 20.1. The molecule has 4 heterocycles. The van der Waals surface area contributed by atoms with Crippen LogP contribution in [0.2, 0.25) is 0 Å². The molecule has 0 radical (unpaired) electrons. The number of anilines is 6. The molecule has 0 saturated carbocycles. The van der Waals surface area contributed by atoms with Crippen LogP contribution in [-0.4, -0.2) is 15.8 Å². The predicted molar refractivity (Wildman–Crippen MR) is 398 cm³/mol. The first-order chi connectivity index (χ1) is 44.2. The molecular formula is C87H82BN5. The van der Waals surface area contributed by atoms with Crippen LogP contribution >= 0.6 is 0 Å². The molecule has 13 aromatic rings. The lowest BCUT2D eigenvalue weighted by molar-refractivity contribution is 0.569. The molecule has 15 rings (SSSR count). The monoisotopic (exact) mass is 1210 g/mol. The second-order valence-electron chi connectivity index (χ2n) is 31.5. The summed E-state index contributed by atoms with van der Waals surface area (Å²) < 4.78 is 4.83. The molecule has 2 aliphatic heterocycles. The Morgan fingerprint density at radius 1 is 0.290 bits per heavy atom. The Bertz CT molecular complexity index is 5110. The van der Waals surface area contributed by atoms with Gasteiger partial charge in [-0.25, -0.2) is 0 Å². The van der Waals surface area contributed by atoms with Crippen LogP contribution in [0.5, 0.6) is 0 Å². The number of para-hydroxylation sites is 2. The van der Waals surface area contributed by atoms with Crippen LogP contribution in [0.3, 0.4) is 0 Å². The zero-order valence-corrected chi connectivity index (χ0v) is 56.7. The van der Waals surface area contributed by atoms with Gasteiger partial charge in [-0.1, -0.05) is 237 Å². The molecule has 0 unspecified atom stereocenters. The maximum absolute atomic E-state index is 12.1. The molecule has 6 heteroatoms. The molecule has 0 aliphatic carbocycles. The van der Waals surface area contributed by atoms with Crippen molar-refractivity contribution in [3.8, 4) is 39.7 Å².